The molecular formula is C14H9Cl2N3O2. The number of benzene rings is 1. The second kappa shape index (κ2) is 5.35. The number of carbonyl (C=O) groups is 2. The van der Waals surface area contributed by atoms with E-state index >= 15 is 0 Å². The molecule has 21 heavy (non-hydrogen) atoms. The largest absolute Gasteiger partial charge is 0.325 e. The average molecular weight is 322 g/mol. The van der Waals surface area contributed by atoms with Gasteiger partial charge in [-0.15, -0.1) is 0 Å². The molecular weight excluding hydrogens is 313 g/mol. The van der Waals surface area contributed by atoms with Crippen LogP contribution in [0.2, 0.25) is 10.0 Å². The summed E-state index contributed by atoms with van der Waals surface area (Å²) < 4.78 is 0. The van der Waals surface area contributed by atoms with Crippen molar-refractivity contribution < 1.29 is 9.59 Å². The Hall–Kier alpha value is -2.11. The first-order valence-electron chi connectivity index (χ1n) is 6.08. The topological polar surface area (TPSA) is 71.1 Å². The number of nitrogens with one attached hydrogen (secondary N) is 2. The molecule has 106 valence electrons. The molecule has 0 saturated carbocycles. The molecule has 0 unspecified atom stereocenters. The van der Waals surface area contributed by atoms with Gasteiger partial charge in [0.15, 0.2) is 0 Å². The molecule has 0 spiro atoms. The van der Waals surface area contributed by atoms with Crippen LogP contribution in [0.25, 0.3) is 0 Å². The highest BCUT2D eigenvalue weighted by atomic mass is 35.5. The number of hydrogen-bond acceptors (Lipinski definition) is 3. The molecule has 1 aromatic heterocycles. The maximum Gasteiger partial charge on any atom is 0.258 e. The summed E-state index contributed by atoms with van der Waals surface area (Å²) >= 11 is 12.1. The van der Waals surface area contributed by atoms with Crippen molar-refractivity contribution in [2.45, 2.75) is 6.42 Å². The monoisotopic (exact) mass is 321 g/mol. The van der Waals surface area contributed by atoms with Gasteiger partial charge in [-0.3, -0.25) is 14.6 Å². The molecule has 0 bridgehead atoms. The van der Waals surface area contributed by atoms with Crippen LogP contribution in [0.4, 0.5) is 11.4 Å². The van der Waals surface area contributed by atoms with Crippen molar-refractivity contribution in [2.75, 3.05) is 10.6 Å². The maximum absolute atomic E-state index is 12.2. The van der Waals surface area contributed by atoms with Crippen molar-refractivity contribution in [3.8, 4) is 0 Å². The summed E-state index contributed by atoms with van der Waals surface area (Å²) in [6.07, 6.45) is 3.14. The minimum atomic E-state index is -0.410. The standard InChI is InChI=1S/C14H9Cl2N3O2/c15-9-1-2-17-6-8(9)14(21)19-12-3-7-4-13(20)18-11(7)5-10(12)16/h1-3,5-6H,4H2,(H,18,20)(H,19,21). The minimum absolute atomic E-state index is 0.0974. The van der Waals surface area contributed by atoms with Gasteiger partial charge in [0.25, 0.3) is 5.91 Å². The highest BCUT2D eigenvalue weighted by molar-refractivity contribution is 6.36. The molecule has 5 nitrogen and oxygen atoms in total. The van der Waals surface area contributed by atoms with E-state index in [1.165, 1.54) is 18.5 Å². The lowest BCUT2D eigenvalue weighted by Gasteiger charge is -2.10. The van der Waals surface area contributed by atoms with E-state index in [9.17, 15) is 9.59 Å². The Labute approximate surface area is 130 Å². The Morgan fingerprint density at radius 3 is 2.86 bits per heavy atom. The van der Waals surface area contributed by atoms with Gasteiger partial charge in [0.05, 0.1) is 27.7 Å². The molecule has 2 amide bonds. The van der Waals surface area contributed by atoms with Gasteiger partial charge in [0.1, 0.15) is 0 Å². The number of halogens is 2. The number of pyridine rings is 1. The Morgan fingerprint density at radius 1 is 1.29 bits per heavy atom. The molecule has 0 atom stereocenters. The summed E-state index contributed by atoms with van der Waals surface area (Å²) in [6, 6.07) is 4.82. The summed E-state index contributed by atoms with van der Waals surface area (Å²) in [6.45, 7) is 0. The first-order valence-corrected chi connectivity index (χ1v) is 6.83. The molecule has 1 aromatic carbocycles. The Bertz CT molecular complexity index is 762. The lowest BCUT2D eigenvalue weighted by atomic mass is 10.1. The fraction of sp³-hybridized carbons (Fsp3) is 0.0714. The van der Waals surface area contributed by atoms with Crippen LogP contribution in [0.5, 0.6) is 0 Å². The smallest absolute Gasteiger partial charge is 0.258 e. The van der Waals surface area contributed by atoms with Gasteiger partial charge in [0, 0.05) is 18.1 Å². The van der Waals surface area contributed by atoms with Crippen molar-refractivity contribution in [2.24, 2.45) is 0 Å². The molecule has 0 fully saturated rings. The fourth-order valence-corrected chi connectivity index (χ4v) is 2.48. The van der Waals surface area contributed by atoms with Crippen LogP contribution >= 0.6 is 23.2 Å². The van der Waals surface area contributed by atoms with Crippen LogP contribution in [-0.2, 0) is 11.2 Å². The third-order valence-corrected chi connectivity index (χ3v) is 3.72. The van der Waals surface area contributed by atoms with Crippen molar-refractivity contribution in [1.29, 1.82) is 0 Å². The second-order valence-corrected chi connectivity index (χ2v) is 5.34. The van der Waals surface area contributed by atoms with E-state index in [0.717, 1.165) is 5.56 Å². The maximum atomic E-state index is 12.2. The summed E-state index contributed by atoms with van der Waals surface area (Å²) in [5.74, 6) is -0.507. The Morgan fingerprint density at radius 2 is 2.10 bits per heavy atom. The molecule has 1 aliphatic heterocycles. The highest BCUT2D eigenvalue weighted by Crippen LogP contribution is 2.33. The number of carbonyl (C=O) groups excluding carboxylic acids is 2. The Balaban J connectivity index is 1.89. The van der Waals surface area contributed by atoms with Crippen molar-refractivity contribution in [1.82, 2.24) is 4.98 Å². The quantitative estimate of drug-likeness (QED) is 0.892. The van der Waals surface area contributed by atoms with Gasteiger partial charge in [-0.25, -0.2) is 0 Å². The van der Waals surface area contributed by atoms with Crippen molar-refractivity contribution in [3.05, 3.63) is 51.8 Å². The molecule has 7 heteroatoms. The zero-order valence-corrected chi connectivity index (χ0v) is 12.1. The van der Waals surface area contributed by atoms with Gasteiger partial charge in [-0.1, -0.05) is 23.2 Å². The minimum Gasteiger partial charge on any atom is -0.325 e. The number of hydrogen-bond donors (Lipinski definition) is 2. The van der Waals surface area contributed by atoms with Crippen LogP contribution in [0.1, 0.15) is 15.9 Å². The molecule has 0 aliphatic carbocycles. The molecule has 3 rings (SSSR count). The van der Waals surface area contributed by atoms with Gasteiger partial charge in [-0.2, -0.15) is 0 Å². The van der Waals surface area contributed by atoms with E-state index in [-0.39, 0.29) is 17.9 Å². The van der Waals surface area contributed by atoms with Crippen LogP contribution in [0, 0.1) is 0 Å². The number of anilines is 2. The van der Waals surface area contributed by atoms with Crippen LogP contribution in [-0.4, -0.2) is 16.8 Å². The SMILES string of the molecule is O=C1Cc2cc(NC(=O)c3cnccc3Cl)c(Cl)cc2N1. The third-order valence-electron chi connectivity index (χ3n) is 3.08. The van der Waals surface area contributed by atoms with Gasteiger partial charge < -0.3 is 10.6 Å². The van der Waals surface area contributed by atoms with E-state index in [1.807, 2.05) is 0 Å². The molecule has 2 N–H and O–H groups in total. The molecule has 0 saturated heterocycles. The number of nitrogens with zero attached hydrogens (tertiary/aromatic N) is 1. The van der Waals surface area contributed by atoms with Gasteiger partial charge >= 0.3 is 0 Å². The molecule has 2 heterocycles. The van der Waals surface area contributed by atoms with Crippen LogP contribution in [0.15, 0.2) is 30.6 Å². The van der Waals surface area contributed by atoms with Crippen molar-refractivity contribution in [3.63, 3.8) is 0 Å². The number of amides is 2. The predicted molar refractivity (Wildman–Crippen MR) is 81.0 cm³/mol. The van der Waals surface area contributed by atoms with Gasteiger partial charge in [0.2, 0.25) is 5.91 Å². The fourth-order valence-electron chi connectivity index (χ4n) is 2.08. The van der Waals surface area contributed by atoms with Gasteiger partial charge in [-0.05, 0) is 23.8 Å². The van der Waals surface area contributed by atoms with Crippen molar-refractivity contribution >= 4 is 46.4 Å². The second-order valence-electron chi connectivity index (χ2n) is 4.52. The summed E-state index contributed by atoms with van der Waals surface area (Å²) in [5, 5.41) is 6.01. The van der Waals surface area contributed by atoms with E-state index in [4.69, 9.17) is 23.2 Å². The lowest BCUT2D eigenvalue weighted by molar-refractivity contribution is -0.115. The number of aromatic nitrogens is 1. The van der Waals surface area contributed by atoms with Crippen LogP contribution < -0.4 is 10.6 Å². The van der Waals surface area contributed by atoms with E-state index in [0.29, 0.717) is 21.4 Å². The van der Waals surface area contributed by atoms with E-state index in [2.05, 4.69) is 15.6 Å². The molecule has 0 radical (unpaired) electrons. The summed E-state index contributed by atoms with van der Waals surface area (Å²) in [4.78, 5) is 27.4. The number of rotatable bonds is 2. The average Bonchev–Trinajstić information content (AvgIpc) is 2.78. The van der Waals surface area contributed by atoms with E-state index in [1.54, 1.807) is 12.1 Å². The third kappa shape index (κ3) is 2.70. The zero-order valence-electron chi connectivity index (χ0n) is 10.6. The summed E-state index contributed by atoms with van der Waals surface area (Å²) in [7, 11) is 0. The highest BCUT2D eigenvalue weighted by Gasteiger charge is 2.20. The van der Waals surface area contributed by atoms with Crippen LogP contribution in [0.3, 0.4) is 0 Å². The zero-order chi connectivity index (χ0) is 15.0. The lowest BCUT2D eigenvalue weighted by Crippen LogP contribution is -2.13. The number of fused-ring (bicyclic) bond motifs is 1. The summed E-state index contributed by atoms with van der Waals surface area (Å²) in [5.41, 5.74) is 2.14. The normalized spacial score (nSPS) is 12.8. The first-order chi connectivity index (χ1) is 10.0. The molecule has 1 aliphatic rings. The molecule has 2 aromatic rings. The van der Waals surface area contributed by atoms with E-state index < -0.39 is 5.91 Å². The first kappa shape index (κ1) is 13.9. The predicted octanol–water partition coefficient (Wildman–Crippen LogP) is 3.14. The Kier molecular flexibility index (Phi) is 3.53.